The topological polar surface area (TPSA) is 61.9 Å². The molecule has 0 aromatic heterocycles. The van der Waals surface area contributed by atoms with Gasteiger partial charge in [-0.15, -0.1) is 0 Å². The minimum absolute atomic E-state index is 0.00983. The van der Waals surface area contributed by atoms with Gasteiger partial charge in [0.1, 0.15) is 0 Å². The van der Waals surface area contributed by atoms with E-state index in [1.807, 2.05) is 0 Å². The van der Waals surface area contributed by atoms with Crippen molar-refractivity contribution in [1.82, 2.24) is 9.80 Å². The van der Waals surface area contributed by atoms with Crippen molar-refractivity contribution in [3.8, 4) is 0 Å². The van der Waals surface area contributed by atoms with Gasteiger partial charge >= 0.3 is 0 Å². The van der Waals surface area contributed by atoms with Gasteiger partial charge in [-0.1, -0.05) is 23.2 Å². The average molecular weight is 360 g/mol. The number of hydrogen-bond acceptors (Lipinski definition) is 4. The first-order valence-electron chi connectivity index (χ1n) is 7.24. The number of rotatable bonds is 5. The Morgan fingerprint density at radius 3 is 2.65 bits per heavy atom. The molecule has 2 rings (SSSR count). The van der Waals surface area contributed by atoms with Gasteiger partial charge in [-0.3, -0.25) is 14.5 Å². The van der Waals surface area contributed by atoms with Crippen LogP contribution in [0.1, 0.15) is 0 Å². The lowest BCUT2D eigenvalue weighted by Gasteiger charge is -2.28. The van der Waals surface area contributed by atoms with Crippen molar-refractivity contribution in [2.45, 2.75) is 0 Å². The number of amides is 2. The molecule has 0 radical (unpaired) electrons. The van der Waals surface area contributed by atoms with Crippen LogP contribution in [0, 0.1) is 0 Å². The number of likely N-dealkylation sites (N-methyl/N-ethyl adjacent to an activating group) is 1. The second-order valence-electron chi connectivity index (χ2n) is 5.34. The van der Waals surface area contributed by atoms with Crippen LogP contribution in [-0.2, 0) is 14.3 Å². The van der Waals surface area contributed by atoms with Crippen molar-refractivity contribution < 1.29 is 14.3 Å². The Bertz CT molecular complexity index is 577. The smallest absolute Gasteiger partial charge is 0.238 e. The fourth-order valence-electron chi connectivity index (χ4n) is 2.23. The Balaban J connectivity index is 1.82. The van der Waals surface area contributed by atoms with Gasteiger partial charge in [-0.25, -0.2) is 0 Å². The van der Waals surface area contributed by atoms with Gasteiger partial charge in [0.2, 0.25) is 11.8 Å². The Hall–Kier alpha value is -1.34. The third-order valence-electron chi connectivity index (χ3n) is 3.38. The zero-order valence-electron chi connectivity index (χ0n) is 12.8. The average Bonchev–Trinajstić information content (AvgIpc) is 2.51. The van der Waals surface area contributed by atoms with Crippen LogP contribution in [0.3, 0.4) is 0 Å². The second kappa shape index (κ2) is 8.49. The minimum atomic E-state index is -0.258. The maximum Gasteiger partial charge on any atom is 0.238 e. The van der Waals surface area contributed by atoms with E-state index in [0.717, 1.165) is 0 Å². The molecule has 2 amide bonds. The number of ether oxygens (including phenoxy) is 1. The van der Waals surface area contributed by atoms with E-state index in [-0.39, 0.29) is 24.9 Å². The number of benzene rings is 1. The minimum Gasteiger partial charge on any atom is -0.378 e. The zero-order chi connectivity index (χ0) is 16.8. The molecule has 1 fully saturated rings. The van der Waals surface area contributed by atoms with Crippen LogP contribution in [-0.4, -0.2) is 68.1 Å². The van der Waals surface area contributed by atoms with Crippen LogP contribution in [0.5, 0.6) is 0 Å². The first kappa shape index (κ1) is 18.0. The van der Waals surface area contributed by atoms with Crippen LogP contribution >= 0.6 is 23.2 Å². The number of nitrogens with zero attached hydrogens (tertiary/aromatic N) is 2. The van der Waals surface area contributed by atoms with E-state index in [4.69, 9.17) is 27.9 Å². The number of nitrogens with one attached hydrogen (secondary N) is 1. The van der Waals surface area contributed by atoms with Crippen LogP contribution in [0.15, 0.2) is 18.2 Å². The van der Waals surface area contributed by atoms with Crippen LogP contribution in [0.2, 0.25) is 10.0 Å². The van der Waals surface area contributed by atoms with Crippen LogP contribution in [0.4, 0.5) is 5.69 Å². The predicted molar refractivity (Wildman–Crippen MR) is 90.0 cm³/mol. The molecular weight excluding hydrogens is 341 g/mol. The number of hydrogen-bond donors (Lipinski definition) is 1. The van der Waals surface area contributed by atoms with Crippen LogP contribution in [0.25, 0.3) is 0 Å². The lowest BCUT2D eigenvalue weighted by atomic mass is 10.3. The summed E-state index contributed by atoms with van der Waals surface area (Å²) in [5, 5.41) is 3.59. The van der Waals surface area contributed by atoms with Gasteiger partial charge in [0.15, 0.2) is 0 Å². The molecule has 126 valence electrons. The van der Waals surface area contributed by atoms with Gasteiger partial charge in [-0.05, 0) is 25.2 Å². The summed E-state index contributed by atoms with van der Waals surface area (Å²) in [5.41, 5.74) is 0.456. The predicted octanol–water partition coefficient (Wildman–Crippen LogP) is 1.72. The molecule has 0 bridgehead atoms. The van der Waals surface area contributed by atoms with E-state index in [2.05, 4.69) is 5.32 Å². The zero-order valence-corrected chi connectivity index (χ0v) is 14.4. The van der Waals surface area contributed by atoms with E-state index in [1.54, 1.807) is 35.0 Å². The Kier molecular flexibility index (Phi) is 6.65. The Morgan fingerprint density at radius 2 is 1.96 bits per heavy atom. The summed E-state index contributed by atoms with van der Waals surface area (Å²) in [6.45, 7) is 2.57. The highest BCUT2D eigenvalue weighted by Gasteiger charge is 2.19. The largest absolute Gasteiger partial charge is 0.378 e. The summed E-state index contributed by atoms with van der Waals surface area (Å²) < 4.78 is 5.21. The van der Waals surface area contributed by atoms with E-state index in [1.165, 1.54) is 0 Å². The van der Waals surface area contributed by atoms with Crippen molar-refractivity contribution in [2.24, 2.45) is 0 Å². The molecule has 0 aliphatic carbocycles. The van der Waals surface area contributed by atoms with Gasteiger partial charge in [0, 0.05) is 18.1 Å². The summed E-state index contributed by atoms with van der Waals surface area (Å²) in [7, 11) is 1.72. The molecule has 0 atom stereocenters. The highest BCUT2D eigenvalue weighted by Crippen LogP contribution is 2.25. The molecule has 1 saturated heterocycles. The fourth-order valence-corrected chi connectivity index (χ4v) is 2.56. The molecule has 1 N–H and O–H groups in total. The van der Waals surface area contributed by atoms with E-state index < -0.39 is 0 Å². The van der Waals surface area contributed by atoms with Gasteiger partial charge < -0.3 is 15.0 Å². The van der Waals surface area contributed by atoms with Gasteiger partial charge in [-0.2, -0.15) is 0 Å². The number of carbonyl (C=O) groups excluding carboxylic acids is 2. The summed E-state index contributed by atoms with van der Waals surface area (Å²) in [5.74, 6) is -0.268. The molecule has 1 aromatic carbocycles. The SMILES string of the molecule is CN(CC(=O)Nc1cc(Cl)ccc1Cl)CC(=O)N1CCOCC1. The number of anilines is 1. The lowest BCUT2D eigenvalue weighted by molar-refractivity contribution is -0.136. The highest BCUT2D eigenvalue weighted by atomic mass is 35.5. The molecule has 23 heavy (non-hydrogen) atoms. The standard InChI is InChI=1S/C15H19Cl2N3O3/c1-19(10-15(22)20-4-6-23-7-5-20)9-14(21)18-13-8-11(16)2-3-12(13)17/h2-3,8H,4-7,9-10H2,1H3,(H,18,21). The van der Waals surface area contributed by atoms with Crippen molar-refractivity contribution >= 4 is 40.7 Å². The Morgan fingerprint density at radius 1 is 1.26 bits per heavy atom. The molecule has 0 spiro atoms. The van der Waals surface area contributed by atoms with Crippen molar-refractivity contribution in [2.75, 3.05) is 51.8 Å². The second-order valence-corrected chi connectivity index (χ2v) is 6.18. The Labute approximate surface area is 145 Å². The summed E-state index contributed by atoms with van der Waals surface area (Å²) in [4.78, 5) is 27.6. The third kappa shape index (κ3) is 5.66. The number of halogens is 2. The normalized spacial score (nSPS) is 14.9. The molecule has 1 aliphatic heterocycles. The third-order valence-corrected chi connectivity index (χ3v) is 3.95. The first-order valence-corrected chi connectivity index (χ1v) is 8.00. The summed E-state index contributed by atoms with van der Waals surface area (Å²) in [6, 6.07) is 4.85. The monoisotopic (exact) mass is 359 g/mol. The summed E-state index contributed by atoms with van der Waals surface area (Å²) >= 11 is 11.9. The number of carbonyl (C=O) groups is 2. The molecule has 8 heteroatoms. The van der Waals surface area contributed by atoms with Gasteiger partial charge in [0.25, 0.3) is 0 Å². The molecule has 1 heterocycles. The molecule has 0 unspecified atom stereocenters. The quantitative estimate of drug-likeness (QED) is 0.869. The maximum absolute atomic E-state index is 12.1. The molecular formula is C15H19Cl2N3O3. The lowest BCUT2D eigenvalue weighted by Crippen LogP contribution is -2.46. The maximum atomic E-state index is 12.1. The van der Waals surface area contributed by atoms with E-state index in [9.17, 15) is 9.59 Å². The highest BCUT2D eigenvalue weighted by molar-refractivity contribution is 6.35. The molecule has 6 nitrogen and oxygen atoms in total. The summed E-state index contributed by atoms with van der Waals surface area (Å²) in [6.07, 6.45) is 0. The molecule has 1 aliphatic rings. The molecule has 1 aromatic rings. The van der Waals surface area contributed by atoms with Crippen LogP contribution < -0.4 is 5.32 Å². The molecule has 0 saturated carbocycles. The van der Waals surface area contributed by atoms with Crippen molar-refractivity contribution in [3.05, 3.63) is 28.2 Å². The fraction of sp³-hybridized carbons (Fsp3) is 0.467. The van der Waals surface area contributed by atoms with Crippen molar-refractivity contribution in [1.29, 1.82) is 0 Å². The van der Waals surface area contributed by atoms with E-state index >= 15 is 0 Å². The van der Waals surface area contributed by atoms with Gasteiger partial charge in [0.05, 0.1) is 37.0 Å². The van der Waals surface area contributed by atoms with Crippen molar-refractivity contribution in [3.63, 3.8) is 0 Å². The van der Waals surface area contributed by atoms with E-state index in [0.29, 0.717) is 42.0 Å². The first-order chi connectivity index (χ1) is 11.0. The number of morpholine rings is 1.